The van der Waals surface area contributed by atoms with E-state index in [-0.39, 0.29) is 0 Å². The van der Waals surface area contributed by atoms with Crippen LogP contribution in [0.2, 0.25) is 5.02 Å². The van der Waals surface area contributed by atoms with Crippen molar-refractivity contribution in [1.82, 2.24) is 14.5 Å². The van der Waals surface area contributed by atoms with Crippen LogP contribution in [0.25, 0.3) is 11.0 Å². The van der Waals surface area contributed by atoms with E-state index in [9.17, 15) is 0 Å². The fraction of sp³-hybridized carbons (Fsp3) is 0.500. The highest BCUT2D eigenvalue weighted by molar-refractivity contribution is 6.31. The first-order valence-corrected chi connectivity index (χ1v) is 7.31. The minimum Gasteiger partial charge on any atom is -0.324 e. The smallest absolute Gasteiger partial charge is 0.111 e. The largest absolute Gasteiger partial charge is 0.324 e. The van der Waals surface area contributed by atoms with E-state index in [0.29, 0.717) is 11.9 Å². The Morgan fingerprint density at radius 3 is 2.74 bits per heavy atom. The van der Waals surface area contributed by atoms with Crippen molar-refractivity contribution in [3.05, 3.63) is 29.0 Å². The first-order valence-electron chi connectivity index (χ1n) is 6.40. The van der Waals surface area contributed by atoms with Crippen molar-refractivity contribution in [3.63, 3.8) is 0 Å². The molecule has 0 bridgehead atoms. The Morgan fingerprint density at radius 2 is 2.11 bits per heavy atom. The number of hydrogen-bond acceptors (Lipinski definition) is 2. The quantitative estimate of drug-likeness (QED) is 0.787. The molecule has 0 N–H and O–H groups in total. The van der Waals surface area contributed by atoms with E-state index in [1.165, 1.54) is 0 Å². The van der Waals surface area contributed by atoms with Gasteiger partial charge in [0.25, 0.3) is 0 Å². The molecule has 0 saturated carbocycles. The fourth-order valence-electron chi connectivity index (χ4n) is 2.48. The number of aromatic nitrogens is 2. The lowest BCUT2D eigenvalue weighted by atomic mass is 10.2. The fourth-order valence-corrected chi connectivity index (χ4v) is 2.81. The second-order valence-corrected chi connectivity index (χ2v) is 5.90. The number of nitrogens with zero attached hydrogens (tertiary/aromatic N) is 3. The Morgan fingerprint density at radius 1 is 1.37 bits per heavy atom. The molecule has 0 aliphatic heterocycles. The molecule has 0 radical (unpaired) electrons. The summed E-state index contributed by atoms with van der Waals surface area (Å²) in [7, 11) is 4.15. The zero-order valence-electron chi connectivity index (χ0n) is 11.5. The summed E-state index contributed by atoms with van der Waals surface area (Å²) in [6.45, 7) is 3.15. The van der Waals surface area contributed by atoms with E-state index in [1.807, 2.05) is 18.2 Å². The monoisotopic (exact) mass is 299 g/mol. The Balaban J connectivity index is 2.52. The third kappa shape index (κ3) is 3.22. The van der Waals surface area contributed by atoms with E-state index in [1.54, 1.807) is 0 Å². The Hall–Kier alpha value is -0.770. The summed E-state index contributed by atoms with van der Waals surface area (Å²) < 4.78 is 2.25. The average molecular weight is 300 g/mol. The van der Waals surface area contributed by atoms with Gasteiger partial charge in [-0.05, 0) is 39.2 Å². The van der Waals surface area contributed by atoms with Gasteiger partial charge in [0.1, 0.15) is 5.82 Å². The topological polar surface area (TPSA) is 21.1 Å². The number of hydrogen-bond donors (Lipinski definition) is 0. The Kier molecular flexibility index (Phi) is 4.71. The molecule has 5 heteroatoms. The summed E-state index contributed by atoms with van der Waals surface area (Å²) in [6.07, 6.45) is 0.769. The lowest BCUT2D eigenvalue weighted by Crippen LogP contribution is -2.23. The van der Waals surface area contributed by atoms with Crippen molar-refractivity contribution in [1.29, 1.82) is 0 Å². The van der Waals surface area contributed by atoms with Crippen molar-refractivity contribution < 1.29 is 0 Å². The molecule has 0 aliphatic rings. The van der Waals surface area contributed by atoms with Crippen LogP contribution in [-0.2, 0) is 6.42 Å². The predicted octanol–water partition coefficient (Wildman–Crippen LogP) is 3.59. The number of rotatable bonds is 5. The minimum absolute atomic E-state index is 0.330. The second-order valence-electron chi connectivity index (χ2n) is 5.08. The summed E-state index contributed by atoms with van der Waals surface area (Å²) in [5.41, 5.74) is 2.07. The molecule has 0 saturated heterocycles. The second kappa shape index (κ2) is 6.12. The maximum absolute atomic E-state index is 6.11. The maximum Gasteiger partial charge on any atom is 0.111 e. The third-order valence-electron chi connectivity index (χ3n) is 3.11. The summed E-state index contributed by atoms with van der Waals surface area (Å²) in [4.78, 5) is 6.85. The lowest BCUT2D eigenvalue weighted by molar-refractivity contribution is 0.337. The average Bonchev–Trinajstić information content (AvgIpc) is 2.65. The van der Waals surface area contributed by atoms with E-state index in [4.69, 9.17) is 23.2 Å². The molecule has 0 amide bonds. The van der Waals surface area contributed by atoms with Crippen LogP contribution in [-0.4, -0.2) is 41.0 Å². The number of benzene rings is 1. The highest BCUT2D eigenvalue weighted by Gasteiger charge is 2.16. The van der Waals surface area contributed by atoms with Crippen molar-refractivity contribution in [3.8, 4) is 0 Å². The summed E-state index contributed by atoms with van der Waals surface area (Å²) in [5, 5.41) is 0.739. The highest BCUT2D eigenvalue weighted by atomic mass is 35.5. The molecule has 0 fully saturated rings. The van der Waals surface area contributed by atoms with Crippen molar-refractivity contribution in [2.24, 2.45) is 0 Å². The molecule has 104 valence electrons. The van der Waals surface area contributed by atoms with E-state index in [0.717, 1.165) is 34.8 Å². The normalized spacial score (nSPS) is 13.4. The SMILES string of the molecule is CC(CN(C)C)n1c(CCCl)nc2ccc(Cl)cc21. The summed E-state index contributed by atoms with van der Waals surface area (Å²) in [6, 6.07) is 6.15. The number of halogens is 2. The van der Waals surface area contributed by atoms with Crippen LogP contribution < -0.4 is 0 Å². The molecule has 0 spiro atoms. The molecule has 1 aromatic carbocycles. The maximum atomic E-state index is 6.11. The molecule has 1 unspecified atom stereocenters. The molecule has 1 aromatic heterocycles. The standard InChI is InChI=1S/C14H19Cl2N3/c1-10(9-18(2)3)19-13-8-11(16)4-5-12(13)17-14(19)6-7-15/h4-5,8,10H,6-7,9H2,1-3H3. The van der Waals surface area contributed by atoms with Crippen LogP contribution in [0.3, 0.4) is 0 Å². The highest BCUT2D eigenvalue weighted by Crippen LogP contribution is 2.25. The molecule has 0 aliphatic carbocycles. The Bertz CT molecular complexity index is 563. The van der Waals surface area contributed by atoms with Gasteiger partial charge in [0.15, 0.2) is 0 Å². The zero-order valence-corrected chi connectivity index (χ0v) is 13.0. The summed E-state index contributed by atoms with van der Waals surface area (Å²) in [5.74, 6) is 1.60. The Labute approximate surface area is 124 Å². The van der Waals surface area contributed by atoms with Crippen LogP contribution in [0, 0.1) is 0 Å². The van der Waals surface area contributed by atoms with E-state index < -0.39 is 0 Å². The number of likely N-dealkylation sites (N-methyl/N-ethyl adjacent to an activating group) is 1. The van der Waals surface area contributed by atoms with Gasteiger partial charge >= 0.3 is 0 Å². The van der Waals surface area contributed by atoms with Gasteiger partial charge in [-0.1, -0.05) is 11.6 Å². The van der Waals surface area contributed by atoms with E-state index in [2.05, 4.69) is 35.5 Å². The van der Waals surface area contributed by atoms with Crippen LogP contribution in [0.5, 0.6) is 0 Å². The number of imidazole rings is 1. The number of aryl methyl sites for hydroxylation is 1. The number of alkyl halides is 1. The number of fused-ring (bicyclic) bond motifs is 1. The van der Waals surface area contributed by atoms with Gasteiger partial charge in [0.2, 0.25) is 0 Å². The summed E-state index contributed by atoms with van der Waals surface area (Å²) >= 11 is 12.0. The molecule has 1 heterocycles. The molecule has 1 atom stereocenters. The van der Waals surface area contributed by atoms with Gasteiger partial charge in [0, 0.05) is 29.9 Å². The van der Waals surface area contributed by atoms with E-state index >= 15 is 0 Å². The van der Waals surface area contributed by atoms with Crippen LogP contribution in [0.15, 0.2) is 18.2 Å². The van der Waals surface area contributed by atoms with Gasteiger partial charge in [-0.15, -0.1) is 11.6 Å². The first kappa shape index (κ1) is 14.6. The third-order valence-corrected chi connectivity index (χ3v) is 3.54. The van der Waals surface area contributed by atoms with Crippen LogP contribution in [0.4, 0.5) is 0 Å². The van der Waals surface area contributed by atoms with Crippen molar-refractivity contribution >= 4 is 34.2 Å². The van der Waals surface area contributed by atoms with Crippen molar-refractivity contribution in [2.75, 3.05) is 26.5 Å². The van der Waals surface area contributed by atoms with Crippen molar-refractivity contribution in [2.45, 2.75) is 19.4 Å². The van der Waals surface area contributed by atoms with Gasteiger partial charge in [-0.25, -0.2) is 4.98 Å². The van der Waals surface area contributed by atoms with Gasteiger partial charge < -0.3 is 9.47 Å². The molecular formula is C14H19Cl2N3. The molecular weight excluding hydrogens is 281 g/mol. The minimum atomic E-state index is 0.330. The van der Waals surface area contributed by atoms with Gasteiger partial charge in [-0.2, -0.15) is 0 Å². The van der Waals surface area contributed by atoms with Gasteiger partial charge in [-0.3, -0.25) is 0 Å². The van der Waals surface area contributed by atoms with Crippen LogP contribution in [0.1, 0.15) is 18.8 Å². The molecule has 19 heavy (non-hydrogen) atoms. The molecule has 2 aromatic rings. The molecule has 2 rings (SSSR count). The first-order chi connectivity index (χ1) is 9.02. The predicted molar refractivity (Wildman–Crippen MR) is 82.4 cm³/mol. The lowest BCUT2D eigenvalue weighted by Gasteiger charge is -2.21. The molecule has 3 nitrogen and oxygen atoms in total. The zero-order chi connectivity index (χ0) is 14.0. The van der Waals surface area contributed by atoms with Crippen LogP contribution >= 0.6 is 23.2 Å². The van der Waals surface area contributed by atoms with Gasteiger partial charge in [0.05, 0.1) is 11.0 Å².